The maximum absolute atomic E-state index is 15.0. The highest BCUT2D eigenvalue weighted by atomic mass is 19.1. The SMILES string of the molecule is CCc1ccc(-c2ccc(-c3ccc(CC)c(CC)c3)c(F)c2)cc1CC. The lowest BCUT2D eigenvalue weighted by molar-refractivity contribution is 0.632. The van der Waals surface area contributed by atoms with Gasteiger partial charge in [0.15, 0.2) is 0 Å². The molecule has 3 rings (SSSR count). The molecule has 0 aliphatic heterocycles. The topological polar surface area (TPSA) is 0 Å². The van der Waals surface area contributed by atoms with Gasteiger partial charge in [-0.3, -0.25) is 0 Å². The molecule has 0 nitrogen and oxygen atoms in total. The minimum atomic E-state index is -0.156. The van der Waals surface area contributed by atoms with Crippen molar-refractivity contribution in [1.29, 1.82) is 0 Å². The van der Waals surface area contributed by atoms with Gasteiger partial charge in [0.1, 0.15) is 5.82 Å². The zero-order valence-corrected chi connectivity index (χ0v) is 16.9. The lowest BCUT2D eigenvalue weighted by Gasteiger charge is -2.12. The second-order valence-corrected chi connectivity index (χ2v) is 7.08. The van der Waals surface area contributed by atoms with Gasteiger partial charge in [0.05, 0.1) is 0 Å². The molecule has 0 fully saturated rings. The van der Waals surface area contributed by atoms with Crippen molar-refractivity contribution < 1.29 is 4.39 Å². The third kappa shape index (κ3) is 3.98. The quantitative estimate of drug-likeness (QED) is 0.429. The smallest absolute Gasteiger partial charge is 0.131 e. The van der Waals surface area contributed by atoms with E-state index in [0.29, 0.717) is 5.56 Å². The molecule has 0 saturated heterocycles. The molecule has 140 valence electrons. The normalized spacial score (nSPS) is 11.0. The molecule has 0 saturated carbocycles. The van der Waals surface area contributed by atoms with E-state index < -0.39 is 0 Å². The largest absolute Gasteiger partial charge is 0.206 e. The Morgan fingerprint density at radius 3 is 1.48 bits per heavy atom. The highest BCUT2D eigenvalue weighted by Gasteiger charge is 2.10. The van der Waals surface area contributed by atoms with Crippen LogP contribution in [0.4, 0.5) is 4.39 Å². The van der Waals surface area contributed by atoms with E-state index in [4.69, 9.17) is 0 Å². The van der Waals surface area contributed by atoms with E-state index in [1.165, 1.54) is 22.3 Å². The van der Waals surface area contributed by atoms with E-state index >= 15 is 0 Å². The van der Waals surface area contributed by atoms with Gasteiger partial charge in [0.2, 0.25) is 0 Å². The summed E-state index contributed by atoms with van der Waals surface area (Å²) in [5.41, 5.74) is 9.05. The van der Waals surface area contributed by atoms with E-state index in [-0.39, 0.29) is 5.82 Å². The first-order valence-electron chi connectivity index (χ1n) is 10.1. The number of hydrogen-bond acceptors (Lipinski definition) is 0. The number of aryl methyl sites for hydroxylation is 4. The molecule has 0 amide bonds. The van der Waals surface area contributed by atoms with Gasteiger partial charge in [-0.2, -0.15) is 0 Å². The van der Waals surface area contributed by atoms with Crippen molar-refractivity contribution in [3.63, 3.8) is 0 Å². The first-order valence-corrected chi connectivity index (χ1v) is 10.1. The summed E-state index contributed by atoms with van der Waals surface area (Å²) >= 11 is 0. The Labute approximate surface area is 163 Å². The lowest BCUT2D eigenvalue weighted by Crippen LogP contribution is -1.94. The van der Waals surface area contributed by atoms with Gasteiger partial charge in [-0.05, 0) is 70.7 Å². The molecule has 0 aliphatic carbocycles. The summed E-state index contributed by atoms with van der Waals surface area (Å²) in [5, 5.41) is 0. The molecule has 3 aromatic rings. The van der Waals surface area contributed by atoms with E-state index in [9.17, 15) is 4.39 Å². The Bertz CT molecular complexity index is 937. The molecule has 3 aromatic carbocycles. The Hall–Kier alpha value is -2.41. The molecule has 0 heterocycles. The second kappa shape index (κ2) is 8.52. The second-order valence-electron chi connectivity index (χ2n) is 7.08. The maximum Gasteiger partial charge on any atom is 0.131 e. The van der Waals surface area contributed by atoms with Gasteiger partial charge in [-0.15, -0.1) is 0 Å². The van der Waals surface area contributed by atoms with Crippen molar-refractivity contribution in [2.45, 2.75) is 53.4 Å². The Kier molecular flexibility index (Phi) is 6.11. The Morgan fingerprint density at radius 1 is 0.519 bits per heavy atom. The average Bonchev–Trinajstić information content (AvgIpc) is 2.72. The number of halogens is 1. The zero-order valence-electron chi connectivity index (χ0n) is 16.9. The molecular weight excluding hydrogens is 331 g/mol. The van der Waals surface area contributed by atoms with Crippen LogP contribution in [0.2, 0.25) is 0 Å². The van der Waals surface area contributed by atoms with E-state index in [1.807, 2.05) is 18.2 Å². The average molecular weight is 361 g/mol. The minimum absolute atomic E-state index is 0.156. The van der Waals surface area contributed by atoms with Crippen LogP contribution in [0.5, 0.6) is 0 Å². The molecule has 0 aliphatic rings. The van der Waals surface area contributed by atoms with E-state index in [1.54, 1.807) is 6.07 Å². The summed E-state index contributed by atoms with van der Waals surface area (Å²) in [7, 11) is 0. The van der Waals surface area contributed by atoms with Gasteiger partial charge in [-0.25, -0.2) is 4.39 Å². The fourth-order valence-electron chi connectivity index (χ4n) is 3.88. The van der Waals surface area contributed by atoms with Crippen molar-refractivity contribution in [2.75, 3.05) is 0 Å². The third-order valence-corrected chi connectivity index (χ3v) is 5.55. The van der Waals surface area contributed by atoms with E-state index in [0.717, 1.165) is 42.4 Å². The molecule has 0 N–H and O–H groups in total. The van der Waals surface area contributed by atoms with Gasteiger partial charge >= 0.3 is 0 Å². The highest BCUT2D eigenvalue weighted by molar-refractivity contribution is 5.72. The summed E-state index contributed by atoms with van der Waals surface area (Å²) in [6.45, 7) is 8.67. The van der Waals surface area contributed by atoms with Crippen LogP contribution in [0, 0.1) is 5.82 Å². The molecule has 0 atom stereocenters. The molecule has 0 spiro atoms. The van der Waals surface area contributed by atoms with E-state index in [2.05, 4.69) is 58.0 Å². The predicted octanol–water partition coefficient (Wildman–Crippen LogP) is 7.41. The lowest BCUT2D eigenvalue weighted by atomic mass is 9.93. The first kappa shape index (κ1) is 19.4. The Morgan fingerprint density at radius 2 is 0.963 bits per heavy atom. The van der Waals surface area contributed by atoms with Crippen molar-refractivity contribution >= 4 is 0 Å². The molecule has 0 unspecified atom stereocenters. The summed E-state index contributed by atoms with van der Waals surface area (Å²) in [5.74, 6) is -0.156. The van der Waals surface area contributed by atoms with Gasteiger partial charge in [0, 0.05) is 5.56 Å². The minimum Gasteiger partial charge on any atom is -0.206 e. The fourth-order valence-corrected chi connectivity index (χ4v) is 3.88. The van der Waals surface area contributed by atoms with Gasteiger partial charge in [-0.1, -0.05) is 76.2 Å². The first-order chi connectivity index (χ1) is 13.1. The van der Waals surface area contributed by atoms with Gasteiger partial charge < -0.3 is 0 Å². The number of hydrogen-bond donors (Lipinski definition) is 0. The molecule has 0 radical (unpaired) electrons. The molecule has 0 aromatic heterocycles. The van der Waals surface area contributed by atoms with Crippen molar-refractivity contribution in [3.8, 4) is 22.3 Å². The van der Waals surface area contributed by atoms with Gasteiger partial charge in [0.25, 0.3) is 0 Å². The highest BCUT2D eigenvalue weighted by Crippen LogP contribution is 2.30. The van der Waals surface area contributed by atoms with Crippen molar-refractivity contribution in [1.82, 2.24) is 0 Å². The predicted molar refractivity (Wildman–Crippen MR) is 115 cm³/mol. The van der Waals surface area contributed by atoms with Crippen LogP contribution < -0.4 is 0 Å². The monoisotopic (exact) mass is 360 g/mol. The van der Waals surface area contributed by atoms with Crippen LogP contribution in [0.3, 0.4) is 0 Å². The van der Waals surface area contributed by atoms with Crippen LogP contribution in [-0.4, -0.2) is 0 Å². The third-order valence-electron chi connectivity index (χ3n) is 5.55. The molecule has 27 heavy (non-hydrogen) atoms. The zero-order chi connectivity index (χ0) is 19.4. The number of benzene rings is 3. The molecule has 0 bridgehead atoms. The van der Waals surface area contributed by atoms with Crippen LogP contribution in [-0.2, 0) is 25.7 Å². The summed E-state index contributed by atoms with van der Waals surface area (Å²) in [4.78, 5) is 0. The standard InChI is InChI=1S/C26H29F/c1-5-18-9-11-22(15-20(18)7-3)23-13-14-25(26(27)17-23)24-12-10-19(6-2)21(8-4)16-24/h9-17H,5-8H2,1-4H3. The summed E-state index contributed by atoms with van der Waals surface area (Å²) < 4.78 is 15.0. The molecule has 1 heteroatoms. The Balaban J connectivity index is 1.99. The van der Waals surface area contributed by atoms with Crippen LogP contribution in [0.25, 0.3) is 22.3 Å². The van der Waals surface area contributed by atoms with Crippen molar-refractivity contribution in [2.24, 2.45) is 0 Å². The maximum atomic E-state index is 15.0. The summed E-state index contributed by atoms with van der Waals surface area (Å²) in [6.07, 6.45) is 4.02. The summed E-state index contributed by atoms with van der Waals surface area (Å²) in [6, 6.07) is 18.5. The fraction of sp³-hybridized carbons (Fsp3) is 0.308. The van der Waals surface area contributed by atoms with Crippen LogP contribution in [0.1, 0.15) is 49.9 Å². The molecular formula is C26H29F. The van der Waals surface area contributed by atoms with Crippen LogP contribution in [0.15, 0.2) is 54.6 Å². The number of rotatable bonds is 6. The van der Waals surface area contributed by atoms with Crippen molar-refractivity contribution in [3.05, 3.63) is 82.7 Å². The van der Waals surface area contributed by atoms with Crippen LogP contribution >= 0.6 is 0 Å².